The summed E-state index contributed by atoms with van der Waals surface area (Å²) in [5, 5.41) is 12.3. The highest BCUT2D eigenvalue weighted by atomic mass is 16.5. The van der Waals surface area contributed by atoms with Crippen LogP contribution in [0.3, 0.4) is 0 Å². The van der Waals surface area contributed by atoms with Crippen LogP contribution in [0, 0.1) is 6.92 Å². The summed E-state index contributed by atoms with van der Waals surface area (Å²) < 4.78 is 6.03. The second-order valence-electron chi connectivity index (χ2n) is 5.24. The van der Waals surface area contributed by atoms with Crippen molar-refractivity contribution in [3.8, 4) is 11.4 Å². The van der Waals surface area contributed by atoms with E-state index in [1.54, 1.807) is 6.92 Å². The maximum atomic E-state index is 12.6. The van der Waals surface area contributed by atoms with Crippen molar-refractivity contribution in [2.75, 3.05) is 14.2 Å². The Hall–Kier alpha value is -3.03. The summed E-state index contributed by atoms with van der Waals surface area (Å²) in [6.45, 7) is 1.62. The molecule has 0 aliphatic heterocycles. The number of carbonyl (C=O) groups is 2. The minimum Gasteiger partial charge on any atom is -0.508 e. The van der Waals surface area contributed by atoms with E-state index in [9.17, 15) is 19.5 Å². The summed E-state index contributed by atoms with van der Waals surface area (Å²) in [4.78, 5) is 36.5. The van der Waals surface area contributed by atoms with Crippen molar-refractivity contribution < 1.29 is 19.4 Å². The van der Waals surface area contributed by atoms with Crippen LogP contribution in [0.2, 0.25) is 0 Å². The van der Waals surface area contributed by atoms with E-state index in [1.165, 1.54) is 50.8 Å². The third kappa shape index (κ3) is 2.90. The van der Waals surface area contributed by atoms with Crippen molar-refractivity contribution in [1.29, 1.82) is 0 Å². The van der Waals surface area contributed by atoms with Crippen LogP contribution in [0.15, 0.2) is 29.1 Å². The number of carbonyl (C=O) groups excluding carboxylic acids is 2. The van der Waals surface area contributed by atoms with Crippen LogP contribution in [-0.4, -0.2) is 43.6 Å². The number of benzene rings is 1. The smallest absolute Gasteiger partial charge is 0.339 e. The molecule has 0 atom stereocenters. The standard InChI is InChI=1S/C16H17BN2O5/c1-8-6-12(20)13(17)15(22)19(8)11-7-9(14(21)18-2)4-5-10(11)16(23)24-3/h4-7,20H,17H2,1-3H3,(H,18,21). The number of esters is 1. The van der Waals surface area contributed by atoms with Crippen molar-refractivity contribution in [3.63, 3.8) is 0 Å². The molecule has 2 N–H and O–H groups in total. The lowest BCUT2D eigenvalue weighted by molar-refractivity contribution is 0.0600. The van der Waals surface area contributed by atoms with Crippen LogP contribution in [0.25, 0.3) is 5.69 Å². The first-order valence-electron chi connectivity index (χ1n) is 7.18. The lowest BCUT2D eigenvalue weighted by Gasteiger charge is -2.16. The monoisotopic (exact) mass is 328 g/mol. The van der Waals surface area contributed by atoms with Crippen LogP contribution in [0.1, 0.15) is 26.4 Å². The Morgan fingerprint density at radius 1 is 1.29 bits per heavy atom. The lowest BCUT2D eigenvalue weighted by atomic mass is 9.96. The predicted octanol–water partition coefficient (Wildman–Crippen LogP) is -0.744. The summed E-state index contributed by atoms with van der Waals surface area (Å²) in [6.07, 6.45) is 0. The van der Waals surface area contributed by atoms with E-state index in [1.807, 2.05) is 0 Å². The Labute approximate surface area is 139 Å². The molecule has 2 rings (SSSR count). The normalized spacial score (nSPS) is 10.3. The molecule has 0 radical (unpaired) electrons. The molecule has 1 aromatic carbocycles. The van der Waals surface area contributed by atoms with Gasteiger partial charge in [-0.15, -0.1) is 0 Å². The van der Waals surface area contributed by atoms with Gasteiger partial charge in [0.25, 0.3) is 11.5 Å². The van der Waals surface area contributed by atoms with Gasteiger partial charge in [-0.3, -0.25) is 14.2 Å². The molecular formula is C16H17BN2O5. The highest BCUT2D eigenvalue weighted by Gasteiger charge is 2.19. The van der Waals surface area contributed by atoms with Crippen molar-refractivity contribution in [1.82, 2.24) is 9.88 Å². The zero-order valence-electron chi connectivity index (χ0n) is 13.8. The van der Waals surface area contributed by atoms with E-state index >= 15 is 0 Å². The molecule has 0 unspecified atom stereocenters. The maximum Gasteiger partial charge on any atom is 0.339 e. The van der Waals surface area contributed by atoms with Gasteiger partial charge in [0.1, 0.15) is 5.75 Å². The lowest BCUT2D eigenvalue weighted by Crippen LogP contribution is -2.35. The van der Waals surface area contributed by atoms with E-state index in [4.69, 9.17) is 4.74 Å². The van der Waals surface area contributed by atoms with Gasteiger partial charge >= 0.3 is 5.97 Å². The number of amides is 1. The number of rotatable bonds is 3. The highest BCUT2D eigenvalue weighted by molar-refractivity contribution is 6.33. The number of hydrogen-bond acceptors (Lipinski definition) is 5. The number of methoxy groups -OCH3 is 1. The second kappa shape index (κ2) is 6.61. The number of nitrogens with zero attached hydrogens (tertiary/aromatic N) is 1. The minimum absolute atomic E-state index is 0.129. The molecule has 1 amide bonds. The van der Waals surface area contributed by atoms with Gasteiger partial charge in [-0.1, -0.05) is 0 Å². The van der Waals surface area contributed by atoms with Gasteiger partial charge in [0.15, 0.2) is 7.85 Å². The molecule has 0 spiro atoms. The molecule has 0 aliphatic carbocycles. The van der Waals surface area contributed by atoms with Gasteiger partial charge < -0.3 is 15.2 Å². The number of pyridine rings is 1. The molecule has 1 heterocycles. The number of nitrogens with one attached hydrogen (secondary N) is 1. The van der Waals surface area contributed by atoms with Gasteiger partial charge in [0.2, 0.25) is 0 Å². The number of aryl methyl sites for hydroxylation is 1. The molecule has 2 aromatic rings. The molecular weight excluding hydrogens is 311 g/mol. The largest absolute Gasteiger partial charge is 0.508 e. The molecule has 24 heavy (non-hydrogen) atoms. The van der Waals surface area contributed by atoms with Gasteiger partial charge in [0, 0.05) is 23.8 Å². The molecule has 0 bridgehead atoms. The van der Waals surface area contributed by atoms with E-state index in [0.29, 0.717) is 5.69 Å². The molecule has 1 aromatic heterocycles. The quantitative estimate of drug-likeness (QED) is 0.571. The maximum absolute atomic E-state index is 12.6. The summed E-state index contributed by atoms with van der Waals surface area (Å²) in [6, 6.07) is 5.77. The van der Waals surface area contributed by atoms with E-state index in [2.05, 4.69) is 5.32 Å². The van der Waals surface area contributed by atoms with E-state index in [0.717, 1.165) is 0 Å². The second-order valence-corrected chi connectivity index (χ2v) is 5.24. The van der Waals surface area contributed by atoms with Gasteiger partial charge in [-0.2, -0.15) is 0 Å². The third-order valence-electron chi connectivity index (χ3n) is 3.74. The van der Waals surface area contributed by atoms with Crippen LogP contribution >= 0.6 is 0 Å². The van der Waals surface area contributed by atoms with Crippen molar-refractivity contribution in [3.05, 3.63) is 51.4 Å². The first kappa shape index (κ1) is 17.3. The van der Waals surface area contributed by atoms with Crippen LogP contribution in [-0.2, 0) is 4.74 Å². The Morgan fingerprint density at radius 2 is 1.96 bits per heavy atom. The minimum atomic E-state index is -0.634. The number of aromatic hydroxyl groups is 1. The zero-order chi connectivity index (χ0) is 18.0. The predicted molar refractivity (Wildman–Crippen MR) is 91.3 cm³/mol. The van der Waals surface area contributed by atoms with Crippen LogP contribution in [0.5, 0.6) is 5.75 Å². The van der Waals surface area contributed by atoms with Crippen molar-refractivity contribution in [2.24, 2.45) is 0 Å². The average molecular weight is 328 g/mol. The fraction of sp³-hybridized carbons (Fsp3) is 0.188. The molecule has 7 nitrogen and oxygen atoms in total. The van der Waals surface area contributed by atoms with E-state index < -0.39 is 11.5 Å². The average Bonchev–Trinajstić information content (AvgIpc) is 2.58. The number of hydrogen-bond donors (Lipinski definition) is 2. The third-order valence-corrected chi connectivity index (χ3v) is 3.74. The topological polar surface area (TPSA) is 97.6 Å². The fourth-order valence-electron chi connectivity index (χ4n) is 2.39. The SMILES string of the molecule is Bc1c(O)cc(C)n(-c2cc(C(=O)NC)ccc2C(=O)OC)c1=O. The molecule has 8 heteroatoms. The van der Waals surface area contributed by atoms with Crippen molar-refractivity contribution in [2.45, 2.75) is 6.92 Å². The van der Waals surface area contributed by atoms with Gasteiger partial charge in [-0.25, -0.2) is 4.79 Å². The van der Waals surface area contributed by atoms with E-state index in [-0.39, 0.29) is 33.9 Å². The first-order valence-corrected chi connectivity index (χ1v) is 7.18. The Kier molecular flexibility index (Phi) is 4.78. The Balaban J connectivity index is 2.86. The molecule has 0 fully saturated rings. The molecule has 0 saturated carbocycles. The Bertz CT molecular complexity index is 889. The molecule has 0 saturated heterocycles. The number of aromatic nitrogens is 1. The molecule has 124 valence electrons. The van der Waals surface area contributed by atoms with Crippen molar-refractivity contribution >= 4 is 25.2 Å². The van der Waals surface area contributed by atoms with Crippen LogP contribution in [0.4, 0.5) is 0 Å². The fourth-order valence-corrected chi connectivity index (χ4v) is 2.39. The van der Waals surface area contributed by atoms with Gasteiger partial charge in [0.05, 0.1) is 18.4 Å². The van der Waals surface area contributed by atoms with Crippen LogP contribution < -0.4 is 16.3 Å². The summed E-state index contributed by atoms with van der Waals surface area (Å²) >= 11 is 0. The number of ether oxygens (including phenoxy) is 1. The van der Waals surface area contributed by atoms with Gasteiger partial charge in [-0.05, 0) is 31.2 Å². The summed E-state index contributed by atoms with van der Waals surface area (Å²) in [7, 11) is 4.20. The first-order chi connectivity index (χ1) is 11.3. The summed E-state index contributed by atoms with van der Waals surface area (Å²) in [5.74, 6) is -1.12. The summed E-state index contributed by atoms with van der Waals surface area (Å²) in [5.41, 5.74) is 0.724. The molecule has 0 aliphatic rings. The highest BCUT2D eigenvalue weighted by Crippen LogP contribution is 2.19. The Morgan fingerprint density at radius 3 is 2.54 bits per heavy atom. The zero-order valence-corrected chi connectivity index (χ0v) is 13.8.